The SMILES string of the molecule is CC(C#N)OC(=O)Cc1coc2cc3c(cc12)CCC3. The molecular formula is C16H15NO3. The van der Waals surface area contributed by atoms with Gasteiger partial charge >= 0.3 is 5.97 Å². The number of carbonyl (C=O) groups is 1. The van der Waals surface area contributed by atoms with Gasteiger partial charge in [-0.15, -0.1) is 0 Å². The number of esters is 1. The maximum absolute atomic E-state index is 11.7. The first-order chi connectivity index (χ1) is 9.67. The van der Waals surface area contributed by atoms with Crippen LogP contribution in [0.3, 0.4) is 0 Å². The minimum atomic E-state index is -0.718. The molecule has 3 rings (SSSR count). The first-order valence-corrected chi connectivity index (χ1v) is 6.78. The van der Waals surface area contributed by atoms with Gasteiger partial charge in [0.1, 0.15) is 11.7 Å². The summed E-state index contributed by atoms with van der Waals surface area (Å²) in [5, 5.41) is 9.62. The van der Waals surface area contributed by atoms with E-state index in [0.29, 0.717) is 0 Å². The average Bonchev–Trinajstić information content (AvgIpc) is 3.03. The Morgan fingerprint density at radius 2 is 2.20 bits per heavy atom. The van der Waals surface area contributed by atoms with Crippen molar-refractivity contribution in [2.24, 2.45) is 0 Å². The average molecular weight is 269 g/mol. The quantitative estimate of drug-likeness (QED) is 0.804. The molecule has 0 bridgehead atoms. The maximum atomic E-state index is 11.7. The number of ether oxygens (including phenoxy) is 1. The highest BCUT2D eigenvalue weighted by Gasteiger charge is 2.17. The molecule has 0 N–H and O–H groups in total. The first-order valence-electron chi connectivity index (χ1n) is 6.78. The molecule has 20 heavy (non-hydrogen) atoms. The smallest absolute Gasteiger partial charge is 0.311 e. The van der Waals surface area contributed by atoms with Crippen LogP contribution in [0.5, 0.6) is 0 Å². The van der Waals surface area contributed by atoms with Crippen molar-refractivity contribution in [1.29, 1.82) is 5.26 Å². The first kappa shape index (κ1) is 12.7. The zero-order valence-corrected chi connectivity index (χ0v) is 11.3. The summed E-state index contributed by atoms with van der Waals surface area (Å²) in [4.78, 5) is 11.7. The number of benzene rings is 1. The molecule has 0 aliphatic heterocycles. The summed E-state index contributed by atoms with van der Waals surface area (Å²) in [6.07, 6.45) is 4.40. The molecule has 1 atom stereocenters. The Labute approximate surface area is 116 Å². The number of hydrogen-bond donors (Lipinski definition) is 0. The Morgan fingerprint density at radius 1 is 1.45 bits per heavy atom. The van der Waals surface area contributed by atoms with E-state index in [1.807, 2.05) is 6.07 Å². The van der Waals surface area contributed by atoms with Gasteiger partial charge in [0.15, 0.2) is 6.10 Å². The van der Waals surface area contributed by atoms with Crippen LogP contribution in [0.15, 0.2) is 22.8 Å². The van der Waals surface area contributed by atoms with Crippen LogP contribution in [0, 0.1) is 11.3 Å². The molecule has 0 spiro atoms. The summed E-state index contributed by atoms with van der Waals surface area (Å²) in [6.45, 7) is 1.55. The number of nitrogens with zero attached hydrogens (tertiary/aromatic N) is 1. The lowest BCUT2D eigenvalue weighted by molar-refractivity contribution is -0.145. The van der Waals surface area contributed by atoms with E-state index >= 15 is 0 Å². The summed E-state index contributed by atoms with van der Waals surface area (Å²) >= 11 is 0. The number of nitriles is 1. The van der Waals surface area contributed by atoms with Crippen molar-refractivity contribution in [3.05, 3.63) is 35.1 Å². The highest BCUT2D eigenvalue weighted by molar-refractivity contribution is 5.87. The molecule has 0 saturated heterocycles. The maximum Gasteiger partial charge on any atom is 0.311 e. The number of furan rings is 1. The van der Waals surface area contributed by atoms with Crippen LogP contribution >= 0.6 is 0 Å². The van der Waals surface area contributed by atoms with Gasteiger partial charge in [0.2, 0.25) is 0 Å². The van der Waals surface area contributed by atoms with Crippen molar-refractivity contribution in [2.45, 2.75) is 38.7 Å². The second-order valence-electron chi connectivity index (χ2n) is 5.17. The van der Waals surface area contributed by atoms with Crippen molar-refractivity contribution < 1.29 is 13.9 Å². The van der Waals surface area contributed by atoms with E-state index in [2.05, 4.69) is 12.1 Å². The molecule has 1 aliphatic rings. The highest BCUT2D eigenvalue weighted by atomic mass is 16.5. The van der Waals surface area contributed by atoms with Crippen LogP contribution in [0.1, 0.15) is 30.0 Å². The van der Waals surface area contributed by atoms with Gasteiger partial charge in [0.25, 0.3) is 0 Å². The molecule has 0 fully saturated rings. The van der Waals surface area contributed by atoms with Gasteiger partial charge in [-0.05, 0) is 49.4 Å². The van der Waals surface area contributed by atoms with Gasteiger partial charge in [-0.2, -0.15) is 5.26 Å². The Kier molecular flexibility index (Phi) is 3.19. The number of fused-ring (bicyclic) bond motifs is 2. The van der Waals surface area contributed by atoms with Crippen LogP contribution in [-0.2, 0) is 28.8 Å². The van der Waals surface area contributed by atoms with Crippen molar-refractivity contribution in [3.8, 4) is 6.07 Å². The van der Waals surface area contributed by atoms with Crippen molar-refractivity contribution in [3.63, 3.8) is 0 Å². The standard InChI is InChI=1S/C16H15NO3/c1-10(8-17)20-16(18)7-13-9-19-15-6-12-4-2-3-11(12)5-14(13)15/h5-6,9-10H,2-4,7H2,1H3. The van der Waals surface area contributed by atoms with Gasteiger partial charge < -0.3 is 9.15 Å². The third-order valence-corrected chi connectivity index (χ3v) is 3.69. The molecule has 0 amide bonds. The monoisotopic (exact) mass is 269 g/mol. The zero-order valence-electron chi connectivity index (χ0n) is 11.3. The Hall–Kier alpha value is -2.28. The number of aryl methyl sites for hydroxylation is 2. The Bertz CT molecular complexity index is 708. The topological polar surface area (TPSA) is 63.2 Å². The van der Waals surface area contributed by atoms with E-state index in [-0.39, 0.29) is 6.42 Å². The van der Waals surface area contributed by atoms with E-state index in [4.69, 9.17) is 14.4 Å². The van der Waals surface area contributed by atoms with E-state index < -0.39 is 12.1 Å². The molecule has 1 aliphatic carbocycles. The fourth-order valence-corrected chi connectivity index (χ4v) is 2.71. The minimum absolute atomic E-state index is 0.137. The molecule has 4 heteroatoms. The molecular weight excluding hydrogens is 254 g/mol. The summed E-state index contributed by atoms with van der Waals surface area (Å²) in [7, 11) is 0. The second-order valence-corrected chi connectivity index (χ2v) is 5.17. The van der Waals surface area contributed by atoms with Crippen LogP contribution in [-0.4, -0.2) is 12.1 Å². The van der Waals surface area contributed by atoms with E-state index in [0.717, 1.165) is 29.4 Å². The largest absolute Gasteiger partial charge is 0.464 e. The van der Waals surface area contributed by atoms with Crippen molar-refractivity contribution in [1.82, 2.24) is 0 Å². The van der Waals surface area contributed by atoms with E-state index in [1.54, 1.807) is 13.2 Å². The fourth-order valence-electron chi connectivity index (χ4n) is 2.71. The molecule has 1 unspecified atom stereocenters. The lowest BCUT2D eigenvalue weighted by atomic mass is 10.0. The number of carbonyl (C=O) groups excluding carboxylic acids is 1. The molecule has 0 radical (unpaired) electrons. The molecule has 102 valence electrons. The molecule has 1 aromatic heterocycles. The van der Waals surface area contributed by atoms with Gasteiger partial charge in [-0.25, -0.2) is 0 Å². The minimum Gasteiger partial charge on any atom is -0.464 e. The summed E-state index contributed by atoms with van der Waals surface area (Å²) in [6, 6.07) is 6.08. The molecule has 2 aromatic rings. The predicted molar refractivity (Wildman–Crippen MR) is 73.1 cm³/mol. The normalized spacial score (nSPS) is 14.8. The Morgan fingerprint density at radius 3 is 2.95 bits per heavy atom. The zero-order chi connectivity index (χ0) is 14.1. The number of rotatable bonds is 3. The Balaban J connectivity index is 1.86. The summed E-state index contributed by atoms with van der Waals surface area (Å²) in [5.74, 6) is -0.401. The van der Waals surface area contributed by atoms with Crippen LogP contribution < -0.4 is 0 Å². The fraction of sp³-hybridized carbons (Fsp3) is 0.375. The van der Waals surface area contributed by atoms with Crippen molar-refractivity contribution in [2.75, 3.05) is 0 Å². The third-order valence-electron chi connectivity index (χ3n) is 3.69. The van der Waals surface area contributed by atoms with Gasteiger partial charge in [-0.1, -0.05) is 0 Å². The number of hydrogen-bond acceptors (Lipinski definition) is 4. The van der Waals surface area contributed by atoms with E-state index in [9.17, 15) is 4.79 Å². The molecule has 4 nitrogen and oxygen atoms in total. The van der Waals surface area contributed by atoms with Gasteiger partial charge in [0, 0.05) is 10.9 Å². The van der Waals surface area contributed by atoms with Gasteiger partial charge in [-0.3, -0.25) is 4.79 Å². The summed E-state index contributed by atoms with van der Waals surface area (Å²) < 4.78 is 10.5. The predicted octanol–water partition coefficient (Wildman–Crippen LogP) is 2.92. The van der Waals surface area contributed by atoms with Crippen LogP contribution in [0.25, 0.3) is 11.0 Å². The van der Waals surface area contributed by atoms with Gasteiger partial charge in [0.05, 0.1) is 12.7 Å². The van der Waals surface area contributed by atoms with Crippen molar-refractivity contribution >= 4 is 16.9 Å². The third kappa shape index (κ3) is 2.27. The lowest BCUT2D eigenvalue weighted by Gasteiger charge is -2.05. The molecule has 1 aromatic carbocycles. The van der Waals surface area contributed by atoms with Crippen LogP contribution in [0.2, 0.25) is 0 Å². The van der Waals surface area contributed by atoms with E-state index in [1.165, 1.54) is 17.5 Å². The summed E-state index contributed by atoms with van der Waals surface area (Å²) in [5.41, 5.74) is 4.34. The lowest BCUT2D eigenvalue weighted by Crippen LogP contribution is -2.14. The second kappa shape index (κ2) is 5.01. The molecule has 1 heterocycles. The molecule has 0 saturated carbocycles. The van der Waals surface area contributed by atoms with Crippen LogP contribution in [0.4, 0.5) is 0 Å². The highest BCUT2D eigenvalue weighted by Crippen LogP contribution is 2.30.